The molecule has 0 bridgehead atoms. The zero-order valence-corrected chi connectivity index (χ0v) is 11.3. The second-order valence-corrected chi connectivity index (χ2v) is 4.75. The van der Waals surface area contributed by atoms with Gasteiger partial charge >= 0.3 is 0 Å². The number of nitriles is 1. The van der Waals surface area contributed by atoms with Gasteiger partial charge in [-0.1, -0.05) is 6.07 Å². The second kappa shape index (κ2) is 7.13. The van der Waals surface area contributed by atoms with Gasteiger partial charge in [-0.25, -0.2) is 0 Å². The maximum absolute atomic E-state index is 9.02. The summed E-state index contributed by atoms with van der Waals surface area (Å²) in [6.07, 6.45) is 3.86. The predicted molar refractivity (Wildman–Crippen MR) is 73.0 cm³/mol. The van der Waals surface area contributed by atoms with Crippen LogP contribution in [0.5, 0.6) is 5.75 Å². The van der Waals surface area contributed by atoms with Crippen LogP contribution in [0, 0.1) is 11.3 Å². The molecule has 1 unspecified atom stereocenters. The van der Waals surface area contributed by atoms with Crippen LogP contribution in [0.25, 0.3) is 0 Å². The van der Waals surface area contributed by atoms with E-state index in [2.05, 4.69) is 11.4 Å². The molecule has 0 amide bonds. The van der Waals surface area contributed by atoms with Crippen molar-refractivity contribution < 1.29 is 9.47 Å². The minimum absolute atomic E-state index is 0.429. The van der Waals surface area contributed by atoms with Crippen LogP contribution in [0.1, 0.15) is 30.4 Å². The Kier molecular flexibility index (Phi) is 5.20. The van der Waals surface area contributed by atoms with Gasteiger partial charge in [-0.15, -0.1) is 0 Å². The molecular weight excluding hydrogens is 240 g/mol. The van der Waals surface area contributed by atoms with E-state index in [4.69, 9.17) is 14.7 Å². The van der Waals surface area contributed by atoms with Gasteiger partial charge in [0.1, 0.15) is 11.8 Å². The molecule has 4 heteroatoms. The highest BCUT2D eigenvalue weighted by atomic mass is 16.5. The van der Waals surface area contributed by atoms with E-state index in [0.29, 0.717) is 17.4 Å². The van der Waals surface area contributed by atoms with Crippen molar-refractivity contribution in [2.75, 3.05) is 20.3 Å². The molecule has 19 heavy (non-hydrogen) atoms. The van der Waals surface area contributed by atoms with Gasteiger partial charge in [0.15, 0.2) is 0 Å². The van der Waals surface area contributed by atoms with Gasteiger partial charge in [-0.2, -0.15) is 5.26 Å². The molecule has 0 spiro atoms. The zero-order valence-electron chi connectivity index (χ0n) is 11.3. The van der Waals surface area contributed by atoms with Crippen LogP contribution in [0.3, 0.4) is 0 Å². The molecule has 0 aliphatic carbocycles. The molecule has 1 aliphatic heterocycles. The van der Waals surface area contributed by atoms with E-state index in [1.807, 2.05) is 18.2 Å². The number of methoxy groups -OCH3 is 1. The minimum Gasteiger partial charge on any atom is -0.495 e. The molecule has 1 fully saturated rings. The highest BCUT2D eigenvalue weighted by Gasteiger charge is 2.14. The lowest BCUT2D eigenvalue weighted by Gasteiger charge is -2.10. The first kappa shape index (κ1) is 13.9. The molecule has 1 atom stereocenters. The summed E-state index contributed by atoms with van der Waals surface area (Å²) in [6, 6.07) is 7.85. The Hall–Kier alpha value is -1.57. The highest BCUT2D eigenvalue weighted by Crippen LogP contribution is 2.19. The Morgan fingerprint density at radius 3 is 3.11 bits per heavy atom. The van der Waals surface area contributed by atoms with E-state index < -0.39 is 0 Å². The summed E-state index contributed by atoms with van der Waals surface area (Å²) in [5.74, 6) is 0.630. The quantitative estimate of drug-likeness (QED) is 0.797. The Balaban J connectivity index is 1.77. The second-order valence-electron chi connectivity index (χ2n) is 4.75. The molecule has 1 heterocycles. The summed E-state index contributed by atoms with van der Waals surface area (Å²) in [5.41, 5.74) is 1.69. The van der Waals surface area contributed by atoms with Crippen molar-refractivity contribution >= 4 is 0 Å². The Labute approximate surface area is 114 Å². The maximum Gasteiger partial charge on any atom is 0.136 e. The maximum atomic E-state index is 9.02. The van der Waals surface area contributed by atoms with E-state index in [9.17, 15) is 0 Å². The standard InChI is InChI=1S/C15H20N2O2/c1-18-15-5-4-12(9-13(15)10-16)11-17-7-6-14-3-2-8-19-14/h4-5,9,14,17H,2-3,6-8,11H2,1H3. The van der Waals surface area contributed by atoms with E-state index >= 15 is 0 Å². The van der Waals surface area contributed by atoms with Gasteiger partial charge in [-0.3, -0.25) is 0 Å². The van der Waals surface area contributed by atoms with Gasteiger partial charge in [-0.05, 0) is 43.5 Å². The summed E-state index contributed by atoms with van der Waals surface area (Å²) in [7, 11) is 1.58. The minimum atomic E-state index is 0.429. The smallest absolute Gasteiger partial charge is 0.136 e. The van der Waals surface area contributed by atoms with Crippen LogP contribution < -0.4 is 10.1 Å². The molecule has 4 nitrogen and oxygen atoms in total. The molecule has 0 saturated carbocycles. The normalized spacial score (nSPS) is 18.2. The van der Waals surface area contributed by atoms with Crippen molar-refractivity contribution in [3.8, 4) is 11.8 Å². The van der Waals surface area contributed by atoms with Gasteiger partial charge < -0.3 is 14.8 Å². The molecule has 1 aromatic carbocycles. The molecule has 1 saturated heterocycles. The van der Waals surface area contributed by atoms with Crippen LogP contribution in [0.15, 0.2) is 18.2 Å². The molecule has 1 aromatic rings. The molecule has 1 aliphatic rings. The number of hydrogen-bond acceptors (Lipinski definition) is 4. The lowest BCUT2D eigenvalue weighted by molar-refractivity contribution is 0.104. The summed E-state index contributed by atoms with van der Waals surface area (Å²) >= 11 is 0. The number of hydrogen-bond donors (Lipinski definition) is 1. The third-order valence-corrected chi connectivity index (χ3v) is 3.38. The third kappa shape index (κ3) is 3.95. The number of nitrogens with zero attached hydrogens (tertiary/aromatic N) is 1. The molecule has 2 rings (SSSR count). The van der Waals surface area contributed by atoms with Crippen LogP contribution in [0.4, 0.5) is 0 Å². The third-order valence-electron chi connectivity index (χ3n) is 3.38. The lowest BCUT2D eigenvalue weighted by atomic mass is 10.1. The molecule has 0 radical (unpaired) electrons. The van der Waals surface area contributed by atoms with Gasteiger partial charge in [0.25, 0.3) is 0 Å². The van der Waals surface area contributed by atoms with Gasteiger partial charge in [0.2, 0.25) is 0 Å². The zero-order chi connectivity index (χ0) is 13.5. The van der Waals surface area contributed by atoms with Crippen molar-refractivity contribution in [2.45, 2.75) is 31.9 Å². The molecule has 1 N–H and O–H groups in total. The summed E-state index contributed by atoms with van der Waals surface area (Å²) < 4.78 is 10.7. The van der Waals surface area contributed by atoms with E-state index in [1.165, 1.54) is 12.8 Å². The summed E-state index contributed by atoms with van der Waals surface area (Å²) in [5, 5.41) is 12.4. The summed E-state index contributed by atoms with van der Waals surface area (Å²) in [6.45, 7) is 2.62. The number of nitrogens with one attached hydrogen (secondary N) is 1. The summed E-state index contributed by atoms with van der Waals surface area (Å²) in [4.78, 5) is 0. The van der Waals surface area contributed by atoms with Crippen LogP contribution in [-0.4, -0.2) is 26.4 Å². The van der Waals surface area contributed by atoms with Crippen LogP contribution in [-0.2, 0) is 11.3 Å². The number of benzene rings is 1. The van der Waals surface area contributed by atoms with Crippen molar-refractivity contribution in [1.29, 1.82) is 5.26 Å². The van der Waals surface area contributed by atoms with E-state index in [1.54, 1.807) is 7.11 Å². The fourth-order valence-corrected chi connectivity index (χ4v) is 2.32. The van der Waals surface area contributed by atoms with Crippen molar-refractivity contribution in [3.63, 3.8) is 0 Å². The topological polar surface area (TPSA) is 54.3 Å². The van der Waals surface area contributed by atoms with Crippen LogP contribution in [0.2, 0.25) is 0 Å². The average molecular weight is 260 g/mol. The fourth-order valence-electron chi connectivity index (χ4n) is 2.32. The van der Waals surface area contributed by atoms with Crippen LogP contribution >= 0.6 is 0 Å². The first-order valence-electron chi connectivity index (χ1n) is 6.73. The molecule has 0 aromatic heterocycles. The van der Waals surface area contributed by atoms with Gasteiger partial charge in [0.05, 0.1) is 18.8 Å². The Bertz CT molecular complexity index is 448. The Morgan fingerprint density at radius 1 is 1.53 bits per heavy atom. The van der Waals surface area contributed by atoms with Crippen molar-refractivity contribution in [1.82, 2.24) is 5.32 Å². The fraction of sp³-hybridized carbons (Fsp3) is 0.533. The monoisotopic (exact) mass is 260 g/mol. The Morgan fingerprint density at radius 2 is 2.42 bits per heavy atom. The van der Waals surface area contributed by atoms with Crippen molar-refractivity contribution in [2.24, 2.45) is 0 Å². The largest absolute Gasteiger partial charge is 0.495 e. The SMILES string of the molecule is COc1ccc(CNCCC2CCCO2)cc1C#N. The van der Waals surface area contributed by atoms with E-state index in [0.717, 1.165) is 31.7 Å². The number of ether oxygens (including phenoxy) is 2. The number of rotatable bonds is 6. The molecule has 102 valence electrons. The lowest BCUT2D eigenvalue weighted by Crippen LogP contribution is -2.19. The van der Waals surface area contributed by atoms with E-state index in [-0.39, 0.29) is 0 Å². The highest BCUT2D eigenvalue weighted by molar-refractivity contribution is 5.45. The first-order valence-corrected chi connectivity index (χ1v) is 6.73. The van der Waals surface area contributed by atoms with Crippen molar-refractivity contribution in [3.05, 3.63) is 29.3 Å². The molecular formula is C15H20N2O2. The van der Waals surface area contributed by atoms with Gasteiger partial charge in [0, 0.05) is 13.2 Å². The first-order chi connectivity index (χ1) is 9.33. The average Bonchev–Trinajstić information content (AvgIpc) is 2.96. The predicted octanol–water partition coefficient (Wildman–Crippen LogP) is 2.23.